The summed E-state index contributed by atoms with van der Waals surface area (Å²) in [6, 6.07) is 0. The lowest BCUT2D eigenvalue weighted by atomic mass is 10.1. The van der Waals surface area contributed by atoms with Crippen LogP contribution in [-0.2, 0) is 4.79 Å². The van der Waals surface area contributed by atoms with Crippen molar-refractivity contribution in [2.75, 3.05) is 0 Å². The van der Waals surface area contributed by atoms with Crippen molar-refractivity contribution >= 4 is 40.7 Å². The smallest absolute Gasteiger partial charge is 0.217 e. The zero-order valence-corrected chi connectivity index (χ0v) is 7.67. The molecule has 0 fully saturated rings. The minimum atomic E-state index is -1.39. The number of carbonyl (C=O) groups excluding carboxylic acids is 1. The Kier molecular flexibility index (Phi) is 3.77. The Morgan fingerprint density at radius 3 is 2.10 bits per heavy atom. The van der Waals surface area contributed by atoms with E-state index in [9.17, 15) is 4.79 Å². The van der Waals surface area contributed by atoms with Crippen LogP contribution in [0.5, 0.6) is 0 Å². The van der Waals surface area contributed by atoms with Crippen molar-refractivity contribution in [1.82, 2.24) is 0 Å². The van der Waals surface area contributed by atoms with Gasteiger partial charge in [-0.3, -0.25) is 4.79 Å². The number of primary amides is 1. The fourth-order valence-electron chi connectivity index (χ4n) is 0.418. The highest BCUT2D eigenvalue weighted by atomic mass is 35.6. The molecule has 0 aromatic carbocycles. The molecule has 0 radical (unpaired) electrons. The van der Waals surface area contributed by atoms with E-state index in [1.165, 1.54) is 0 Å². The molecular weight excluding hydrogens is 196 g/mol. The zero-order chi connectivity index (χ0) is 8.36. The third kappa shape index (κ3) is 4.20. The van der Waals surface area contributed by atoms with Gasteiger partial charge in [-0.2, -0.15) is 0 Å². The first-order valence-electron chi connectivity index (χ1n) is 2.69. The third-order valence-corrected chi connectivity index (χ3v) is 2.18. The van der Waals surface area contributed by atoms with Gasteiger partial charge in [-0.05, 0) is 0 Å². The number of carbonyl (C=O) groups is 1. The lowest BCUT2D eigenvalue weighted by molar-refractivity contribution is -0.118. The van der Waals surface area contributed by atoms with Crippen LogP contribution in [-0.4, -0.2) is 9.70 Å². The first-order valence-corrected chi connectivity index (χ1v) is 3.82. The van der Waals surface area contributed by atoms with Crippen LogP contribution < -0.4 is 5.73 Å². The Hall–Kier alpha value is 0.340. The molecule has 1 amide bonds. The molecule has 0 spiro atoms. The van der Waals surface area contributed by atoms with Crippen molar-refractivity contribution < 1.29 is 4.79 Å². The number of nitrogens with two attached hydrogens (primary N) is 1. The van der Waals surface area contributed by atoms with Gasteiger partial charge in [0.25, 0.3) is 0 Å². The van der Waals surface area contributed by atoms with Gasteiger partial charge in [0, 0.05) is 12.3 Å². The van der Waals surface area contributed by atoms with E-state index >= 15 is 0 Å². The number of rotatable bonds is 2. The van der Waals surface area contributed by atoms with Crippen molar-refractivity contribution in [3.63, 3.8) is 0 Å². The highest BCUT2D eigenvalue weighted by Crippen LogP contribution is 2.36. The summed E-state index contributed by atoms with van der Waals surface area (Å²) in [7, 11) is 0. The number of hydrogen-bond acceptors (Lipinski definition) is 1. The summed E-state index contributed by atoms with van der Waals surface area (Å²) in [6.07, 6.45) is 0.0938. The van der Waals surface area contributed by atoms with Crippen LogP contribution in [0.25, 0.3) is 0 Å². The van der Waals surface area contributed by atoms with E-state index in [1.807, 2.05) is 0 Å². The van der Waals surface area contributed by atoms with Crippen molar-refractivity contribution in [2.24, 2.45) is 11.7 Å². The topological polar surface area (TPSA) is 43.1 Å². The number of amides is 1. The van der Waals surface area contributed by atoms with Crippen molar-refractivity contribution in [3.8, 4) is 0 Å². The molecule has 0 aromatic rings. The molecular formula is C5H8Cl3NO. The highest BCUT2D eigenvalue weighted by Gasteiger charge is 2.29. The third-order valence-electron chi connectivity index (χ3n) is 1.07. The van der Waals surface area contributed by atoms with Gasteiger partial charge in [0.15, 0.2) is 3.79 Å². The van der Waals surface area contributed by atoms with E-state index < -0.39 is 9.70 Å². The molecule has 10 heavy (non-hydrogen) atoms. The van der Waals surface area contributed by atoms with Crippen molar-refractivity contribution in [1.29, 1.82) is 0 Å². The average Bonchev–Trinajstić information content (AvgIpc) is 1.60. The lowest BCUT2D eigenvalue weighted by Crippen LogP contribution is -2.23. The van der Waals surface area contributed by atoms with E-state index in [-0.39, 0.29) is 12.3 Å². The summed E-state index contributed by atoms with van der Waals surface area (Å²) in [5.74, 6) is -0.797. The lowest BCUT2D eigenvalue weighted by Gasteiger charge is -2.17. The first kappa shape index (κ1) is 10.3. The van der Waals surface area contributed by atoms with Crippen LogP contribution in [0.2, 0.25) is 0 Å². The predicted octanol–water partition coefficient (Wildman–Crippen LogP) is 1.87. The molecule has 2 nitrogen and oxygen atoms in total. The quantitative estimate of drug-likeness (QED) is 0.686. The Bertz CT molecular complexity index is 131. The molecule has 60 valence electrons. The maximum Gasteiger partial charge on any atom is 0.217 e. The minimum Gasteiger partial charge on any atom is -0.370 e. The van der Waals surface area contributed by atoms with E-state index in [2.05, 4.69) is 0 Å². The van der Waals surface area contributed by atoms with Crippen molar-refractivity contribution in [3.05, 3.63) is 0 Å². The van der Waals surface area contributed by atoms with Gasteiger partial charge in [0.2, 0.25) is 5.91 Å². The minimum absolute atomic E-state index is 0.0938. The zero-order valence-electron chi connectivity index (χ0n) is 5.40. The van der Waals surface area contributed by atoms with E-state index in [4.69, 9.17) is 40.5 Å². The van der Waals surface area contributed by atoms with Crippen molar-refractivity contribution in [2.45, 2.75) is 17.1 Å². The summed E-state index contributed by atoms with van der Waals surface area (Å²) in [4.78, 5) is 10.3. The molecule has 0 heterocycles. The normalized spacial score (nSPS) is 14.8. The monoisotopic (exact) mass is 203 g/mol. The van der Waals surface area contributed by atoms with Gasteiger partial charge in [0.1, 0.15) is 0 Å². The van der Waals surface area contributed by atoms with Crippen LogP contribution >= 0.6 is 34.8 Å². The molecule has 2 N–H and O–H groups in total. The predicted molar refractivity (Wildman–Crippen MR) is 43.3 cm³/mol. The molecule has 0 bridgehead atoms. The van der Waals surface area contributed by atoms with E-state index in [0.29, 0.717) is 0 Å². The van der Waals surface area contributed by atoms with Crippen LogP contribution in [0.1, 0.15) is 13.3 Å². The molecule has 5 heteroatoms. The molecule has 0 aliphatic carbocycles. The molecule has 0 rings (SSSR count). The maximum absolute atomic E-state index is 10.3. The Morgan fingerprint density at radius 1 is 1.60 bits per heavy atom. The number of halogens is 3. The summed E-state index contributed by atoms with van der Waals surface area (Å²) in [6.45, 7) is 1.65. The van der Waals surface area contributed by atoms with Gasteiger partial charge in [-0.1, -0.05) is 41.7 Å². The summed E-state index contributed by atoms with van der Waals surface area (Å²) >= 11 is 16.4. The van der Waals surface area contributed by atoms with Gasteiger partial charge >= 0.3 is 0 Å². The second kappa shape index (κ2) is 3.65. The molecule has 0 aromatic heterocycles. The van der Waals surface area contributed by atoms with Crippen LogP contribution in [0.15, 0.2) is 0 Å². The SMILES string of the molecule is CC(CC(N)=O)C(Cl)(Cl)Cl. The molecule has 1 unspecified atom stereocenters. The van der Waals surface area contributed by atoms with Crippen LogP contribution in [0.4, 0.5) is 0 Å². The fourth-order valence-corrected chi connectivity index (χ4v) is 0.649. The Balaban J connectivity index is 3.85. The first-order chi connectivity index (χ1) is 4.34. The average molecular weight is 204 g/mol. The van der Waals surface area contributed by atoms with Gasteiger partial charge < -0.3 is 5.73 Å². The summed E-state index contributed by atoms with van der Waals surface area (Å²) in [5, 5.41) is 0. The molecule has 0 aliphatic heterocycles. The van der Waals surface area contributed by atoms with E-state index in [1.54, 1.807) is 6.92 Å². The molecule has 0 saturated carbocycles. The molecule has 1 atom stereocenters. The highest BCUT2D eigenvalue weighted by molar-refractivity contribution is 6.67. The standard InChI is InChI=1S/C5H8Cl3NO/c1-3(2-4(9)10)5(6,7)8/h3H,2H2,1H3,(H2,9,10). The van der Waals surface area contributed by atoms with Crippen LogP contribution in [0, 0.1) is 5.92 Å². The maximum atomic E-state index is 10.3. The Labute approximate surface area is 74.6 Å². The summed E-state index contributed by atoms with van der Waals surface area (Å²) in [5.41, 5.74) is 4.88. The fraction of sp³-hybridized carbons (Fsp3) is 0.800. The van der Waals surface area contributed by atoms with Gasteiger partial charge in [-0.15, -0.1) is 0 Å². The van der Waals surface area contributed by atoms with Crippen LogP contribution in [0.3, 0.4) is 0 Å². The molecule has 0 aliphatic rings. The largest absolute Gasteiger partial charge is 0.370 e. The second-order valence-corrected chi connectivity index (χ2v) is 4.48. The van der Waals surface area contributed by atoms with Gasteiger partial charge in [0.05, 0.1) is 0 Å². The molecule has 0 saturated heterocycles. The Morgan fingerprint density at radius 2 is 2.00 bits per heavy atom. The second-order valence-electron chi connectivity index (χ2n) is 2.11. The van der Waals surface area contributed by atoms with Gasteiger partial charge in [-0.25, -0.2) is 0 Å². The van der Waals surface area contributed by atoms with E-state index in [0.717, 1.165) is 0 Å². The summed E-state index contributed by atoms with van der Waals surface area (Å²) < 4.78 is -1.39. The number of hydrogen-bond donors (Lipinski definition) is 1. The number of alkyl halides is 3.